The number of amides is 2. The van der Waals surface area contributed by atoms with Gasteiger partial charge in [0.25, 0.3) is 5.91 Å². The topological polar surface area (TPSA) is 71.6 Å². The summed E-state index contributed by atoms with van der Waals surface area (Å²) in [5, 5.41) is 0. The number of carbonyl (C=O) groups excluding carboxylic acids is 2. The Morgan fingerprint density at radius 2 is 1.59 bits per heavy atom. The van der Waals surface area contributed by atoms with Crippen molar-refractivity contribution in [1.82, 2.24) is 14.7 Å². The molecule has 3 aliphatic rings. The summed E-state index contributed by atoms with van der Waals surface area (Å²) in [4.78, 5) is 31.3. The fourth-order valence-corrected chi connectivity index (χ4v) is 4.23. The highest BCUT2D eigenvalue weighted by atomic mass is 16.6. The van der Waals surface area contributed by atoms with Crippen molar-refractivity contribution in [2.75, 3.05) is 52.4 Å². The summed E-state index contributed by atoms with van der Waals surface area (Å²) in [5.41, 5.74) is 0. The Kier molecular flexibility index (Phi) is 5.91. The predicted molar refractivity (Wildman–Crippen MR) is 106 cm³/mol. The molecule has 0 aliphatic carbocycles. The SMILES string of the molecule is CC1CN(CC(=O)N2CCN(C(=O)C3COc4ccccc4O3)CC2)CC(C)O1. The van der Waals surface area contributed by atoms with Gasteiger partial charge in [0.15, 0.2) is 11.5 Å². The van der Waals surface area contributed by atoms with Crippen LogP contribution in [0.15, 0.2) is 24.3 Å². The second-order valence-corrected chi connectivity index (χ2v) is 8.02. The molecule has 0 bridgehead atoms. The Balaban J connectivity index is 1.26. The Hall–Kier alpha value is -2.32. The van der Waals surface area contributed by atoms with Crippen molar-refractivity contribution in [3.63, 3.8) is 0 Å². The number of morpholine rings is 1. The zero-order chi connectivity index (χ0) is 20.4. The number of ether oxygens (including phenoxy) is 3. The van der Waals surface area contributed by atoms with Crippen molar-refractivity contribution in [3.8, 4) is 11.5 Å². The van der Waals surface area contributed by atoms with Crippen molar-refractivity contribution < 1.29 is 23.8 Å². The third-order valence-electron chi connectivity index (χ3n) is 5.58. The second-order valence-electron chi connectivity index (χ2n) is 8.02. The van der Waals surface area contributed by atoms with E-state index in [1.165, 1.54) is 0 Å². The molecule has 3 atom stereocenters. The fourth-order valence-electron chi connectivity index (χ4n) is 4.23. The van der Waals surface area contributed by atoms with Gasteiger partial charge in [0.2, 0.25) is 12.0 Å². The number of hydrogen-bond donors (Lipinski definition) is 0. The lowest BCUT2D eigenvalue weighted by molar-refractivity contribution is -0.147. The van der Waals surface area contributed by atoms with Gasteiger partial charge >= 0.3 is 0 Å². The Bertz CT molecular complexity index is 740. The van der Waals surface area contributed by atoms with E-state index in [1.54, 1.807) is 11.0 Å². The number of nitrogens with zero attached hydrogens (tertiary/aromatic N) is 3. The molecular formula is C21H29N3O5. The normalized spacial score (nSPS) is 27.6. The van der Waals surface area contributed by atoms with Crippen molar-refractivity contribution in [2.24, 2.45) is 0 Å². The molecule has 0 radical (unpaired) electrons. The molecule has 0 saturated carbocycles. The van der Waals surface area contributed by atoms with Crippen LogP contribution in [0.3, 0.4) is 0 Å². The van der Waals surface area contributed by atoms with E-state index >= 15 is 0 Å². The molecule has 1 aromatic carbocycles. The van der Waals surface area contributed by atoms with Crippen LogP contribution in [0.2, 0.25) is 0 Å². The first-order valence-corrected chi connectivity index (χ1v) is 10.3. The number of carbonyl (C=O) groups is 2. The van der Waals surface area contributed by atoms with Crippen LogP contribution in [0.25, 0.3) is 0 Å². The van der Waals surface area contributed by atoms with Crippen LogP contribution in [-0.2, 0) is 14.3 Å². The average molecular weight is 403 g/mol. The minimum atomic E-state index is -0.636. The molecule has 8 nitrogen and oxygen atoms in total. The lowest BCUT2D eigenvalue weighted by atomic mass is 10.2. The van der Waals surface area contributed by atoms with Gasteiger partial charge in [-0.05, 0) is 26.0 Å². The van der Waals surface area contributed by atoms with Crippen molar-refractivity contribution in [1.29, 1.82) is 0 Å². The molecule has 0 spiro atoms. The first-order valence-electron chi connectivity index (χ1n) is 10.3. The zero-order valence-corrected chi connectivity index (χ0v) is 17.1. The van der Waals surface area contributed by atoms with Gasteiger partial charge in [-0.25, -0.2) is 0 Å². The summed E-state index contributed by atoms with van der Waals surface area (Å²) < 4.78 is 17.2. The van der Waals surface area contributed by atoms with Crippen LogP contribution in [0.1, 0.15) is 13.8 Å². The quantitative estimate of drug-likeness (QED) is 0.736. The first kappa shape index (κ1) is 20.0. The Morgan fingerprint density at radius 3 is 2.28 bits per heavy atom. The van der Waals surface area contributed by atoms with Gasteiger partial charge in [-0.2, -0.15) is 0 Å². The van der Waals surface area contributed by atoms with E-state index in [0.29, 0.717) is 44.2 Å². The summed E-state index contributed by atoms with van der Waals surface area (Å²) in [5.74, 6) is 1.30. The van der Waals surface area contributed by atoms with Gasteiger partial charge in [-0.1, -0.05) is 12.1 Å². The van der Waals surface area contributed by atoms with E-state index in [9.17, 15) is 9.59 Å². The summed E-state index contributed by atoms with van der Waals surface area (Å²) in [6.07, 6.45) is -0.351. The van der Waals surface area contributed by atoms with Crippen LogP contribution in [0.4, 0.5) is 0 Å². The van der Waals surface area contributed by atoms with Crippen LogP contribution in [-0.4, -0.2) is 97.2 Å². The standard InChI is InChI=1S/C21H29N3O5/c1-15-11-22(12-16(2)28-15)13-20(25)23-7-9-24(10-8-23)21(26)19-14-27-17-5-3-4-6-18(17)29-19/h3-6,15-16,19H,7-14H2,1-2H3. The van der Waals surface area contributed by atoms with Crippen LogP contribution in [0, 0.1) is 0 Å². The van der Waals surface area contributed by atoms with Crippen LogP contribution in [0.5, 0.6) is 11.5 Å². The van der Waals surface area contributed by atoms with Gasteiger partial charge < -0.3 is 24.0 Å². The summed E-state index contributed by atoms with van der Waals surface area (Å²) in [7, 11) is 0. The number of piperazine rings is 1. The van der Waals surface area contributed by atoms with Gasteiger partial charge in [-0.3, -0.25) is 14.5 Å². The van der Waals surface area contributed by atoms with Crippen molar-refractivity contribution >= 4 is 11.8 Å². The molecule has 4 rings (SSSR count). The molecule has 3 unspecified atom stereocenters. The number of rotatable bonds is 3. The smallest absolute Gasteiger partial charge is 0.267 e. The minimum absolute atomic E-state index is 0.0811. The molecule has 0 aromatic heterocycles. The summed E-state index contributed by atoms with van der Waals surface area (Å²) in [6.45, 7) is 8.35. The lowest BCUT2D eigenvalue weighted by Gasteiger charge is -2.39. The summed E-state index contributed by atoms with van der Waals surface area (Å²) in [6, 6.07) is 7.36. The van der Waals surface area contributed by atoms with Crippen molar-refractivity contribution in [3.05, 3.63) is 24.3 Å². The number of para-hydroxylation sites is 2. The molecular weight excluding hydrogens is 374 g/mol. The van der Waals surface area contributed by atoms with E-state index in [1.807, 2.05) is 36.9 Å². The maximum Gasteiger partial charge on any atom is 0.267 e. The molecule has 158 valence electrons. The van der Waals surface area contributed by atoms with E-state index in [2.05, 4.69) is 4.90 Å². The molecule has 3 aliphatic heterocycles. The Labute approximate surface area is 171 Å². The average Bonchev–Trinajstić information content (AvgIpc) is 2.72. The lowest BCUT2D eigenvalue weighted by Crippen LogP contribution is -2.57. The predicted octanol–water partition coefficient (Wildman–Crippen LogP) is 0.606. The van der Waals surface area contributed by atoms with Gasteiger partial charge in [-0.15, -0.1) is 0 Å². The molecule has 0 N–H and O–H groups in total. The highest BCUT2D eigenvalue weighted by Crippen LogP contribution is 2.31. The largest absolute Gasteiger partial charge is 0.485 e. The number of fused-ring (bicyclic) bond motifs is 1. The molecule has 3 heterocycles. The maximum atomic E-state index is 12.8. The molecule has 8 heteroatoms. The highest BCUT2D eigenvalue weighted by Gasteiger charge is 2.34. The molecule has 1 aromatic rings. The minimum Gasteiger partial charge on any atom is -0.485 e. The van der Waals surface area contributed by atoms with E-state index in [0.717, 1.165) is 13.1 Å². The third kappa shape index (κ3) is 4.64. The van der Waals surface area contributed by atoms with E-state index < -0.39 is 6.10 Å². The monoisotopic (exact) mass is 403 g/mol. The maximum absolute atomic E-state index is 12.8. The van der Waals surface area contributed by atoms with Crippen LogP contribution < -0.4 is 9.47 Å². The van der Waals surface area contributed by atoms with E-state index in [4.69, 9.17) is 14.2 Å². The number of hydrogen-bond acceptors (Lipinski definition) is 6. The molecule has 2 fully saturated rings. The van der Waals surface area contributed by atoms with Gasteiger partial charge in [0.05, 0.1) is 18.8 Å². The first-order chi connectivity index (χ1) is 14.0. The zero-order valence-electron chi connectivity index (χ0n) is 17.1. The molecule has 29 heavy (non-hydrogen) atoms. The second kappa shape index (κ2) is 8.59. The Morgan fingerprint density at radius 1 is 0.966 bits per heavy atom. The molecule has 2 saturated heterocycles. The van der Waals surface area contributed by atoms with Gasteiger partial charge in [0.1, 0.15) is 6.61 Å². The van der Waals surface area contributed by atoms with Crippen molar-refractivity contribution in [2.45, 2.75) is 32.2 Å². The number of benzene rings is 1. The van der Waals surface area contributed by atoms with E-state index in [-0.39, 0.29) is 30.6 Å². The summed E-state index contributed by atoms with van der Waals surface area (Å²) >= 11 is 0. The van der Waals surface area contributed by atoms with Crippen LogP contribution >= 0.6 is 0 Å². The molecule has 2 amide bonds. The highest BCUT2D eigenvalue weighted by molar-refractivity contribution is 5.83. The van der Waals surface area contributed by atoms with Gasteiger partial charge in [0, 0.05) is 39.3 Å². The fraction of sp³-hybridized carbons (Fsp3) is 0.619. The third-order valence-corrected chi connectivity index (χ3v) is 5.58.